The van der Waals surface area contributed by atoms with E-state index in [0.717, 1.165) is 9.87 Å². The number of sulfonamides is 1. The average Bonchev–Trinajstić information content (AvgIpc) is 3.09. The van der Waals surface area contributed by atoms with Crippen LogP contribution in [0, 0.1) is 0 Å². The van der Waals surface area contributed by atoms with Crippen molar-refractivity contribution in [2.45, 2.75) is 50.2 Å². The third kappa shape index (κ3) is 6.49. The van der Waals surface area contributed by atoms with Gasteiger partial charge in [-0.2, -0.15) is 0 Å². The van der Waals surface area contributed by atoms with Crippen LogP contribution in [0.2, 0.25) is 5.02 Å². The maximum Gasteiger partial charge on any atom is 0.269 e. The monoisotopic (exact) mass is 567 g/mol. The molecule has 3 aromatic rings. The molecule has 0 saturated carbocycles. The standard InChI is InChI=1S/C29H30ClN3O5S/c1-20(2)31-28(35)25(18-21-9-4-3-5-10-21)32(19-22-11-8-12-23(30)17-22)27(34)15-16-33-29(36)24-13-6-7-14-26(24)39(33,37)38/h3-14,17,20,25H,15-16,18-19H2,1-2H3,(H,31,35)/t25-/m1/s1. The van der Waals surface area contributed by atoms with Gasteiger partial charge in [-0.1, -0.05) is 66.2 Å². The van der Waals surface area contributed by atoms with Crippen LogP contribution in [-0.4, -0.2) is 54.0 Å². The van der Waals surface area contributed by atoms with Crippen LogP contribution in [0.25, 0.3) is 0 Å². The largest absolute Gasteiger partial charge is 0.352 e. The summed E-state index contributed by atoms with van der Waals surface area (Å²) in [4.78, 5) is 41.5. The summed E-state index contributed by atoms with van der Waals surface area (Å²) in [6, 6.07) is 21.3. The minimum atomic E-state index is -4.07. The number of carbonyl (C=O) groups is 3. The van der Waals surface area contributed by atoms with Gasteiger partial charge in [-0.15, -0.1) is 0 Å². The number of nitrogens with one attached hydrogen (secondary N) is 1. The molecule has 1 aliphatic heterocycles. The van der Waals surface area contributed by atoms with E-state index in [4.69, 9.17) is 11.6 Å². The number of benzene rings is 3. The number of rotatable bonds is 10. The van der Waals surface area contributed by atoms with Gasteiger partial charge in [0, 0.05) is 37.0 Å². The highest BCUT2D eigenvalue weighted by Crippen LogP contribution is 2.30. The molecule has 1 heterocycles. The molecule has 0 radical (unpaired) electrons. The molecule has 1 N–H and O–H groups in total. The Bertz CT molecular complexity index is 1480. The van der Waals surface area contributed by atoms with Gasteiger partial charge in [0.05, 0.1) is 5.56 Å². The molecule has 0 fully saturated rings. The number of amides is 3. The van der Waals surface area contributed by atoms with E-state index < -0.39 is 27.9 Å². The summed E-state index contributed by atoms with van der Waals surface area (Å²) < 4.78 is 26.8. The number of fused-ring (bicyclic) bond motifs is 1. The molecule has 0 spiro atoms. The van der Waals surface area contributed by atoms with Crippen molar-refractivity contribution in [3.05, 3.63) is 101 Å². The van der Waals surface area contributed by atoms with Gasteiger partial charge in [0.25, 0.3) is 15.9 Å². The van der Waals surface area contributed by atoms with E-state index in [1.807, 2.05) is 44.2 Å². The Labute approximate surface area is 233 Å². The van der Waals surface area contributed by atoms with Crippen LogP contribution < -0.4 is 5.32 Å². The van der Waals surface area contributed by atoms with E-state index in [0.29, 0.717) is 10.6 Å². The lowest BCUT2D eigenvalue weighted by Crippen LogP contribution is -2.52. The van der Waals surface area contributed by atoms with E-state index in [1.54, 1.807) is 36.4 Å². The molecule has 39 heavy (non-hydrogen) atoms. The van der Waals surface area contributed by atoms with Crippen LogP contribution in [-0.2, 0) is 32.6 Å². The zero-order valence-corrected chi connectivity index (χ0v) is 23.3. The van der Waals surface area contributed by atoms with Crippen molar-refractivity contribution in [3.63, 3.8) is 0 Å². The topological polar surface area (TPSA) is 104 Å². The molecule has 0 aromatic heterocycles. The van der Waals surface area contributed by atoms with Crippen LogP contribution in [0.15, 0.2) is 83.8 Å². The second-order valence-electron chi connectivity index (χ2n) is 9.65. The maximum absolute atomic E-state index is 13.8. The summed E-state index contributed by atoms with van der Waals surface area (Å²) in [5, 5.41) is 3.39. The second-order valence-corrected chi connectivity index (χ2v) is 11.9. The smallest absolute Gasteiger partial charge is 0.269 e. The van der Waals surface area contributed by atoms with Crippen LogP contribution >= 0.6 is 11.6 Å². The average molecular weight is 568 g/mol. The molecular formula is C29H30ClN3O5S. The van der Waals surface area contributed by atoms with Crippen molar-refractivity contribution < 1.29 is 22.8 Å². The molecule has 3 amide bonds. The van der Waals surface area contributed by atoms with Gasteiger partial charge in [-0.3, -0.25) is 14.4 Å². The molecule has 0 saturated heterocycles. The zero-order chi connectivity index (χ0) is 28.2. The summed E-state index contributed by atoms with van der Waals surface area (Å²) in [5.74, 6) is -1.46. The predicted octanol–water partition coefficient (Wildman–Crippen LogP) is 4.04. The Morgan fingerprint density at radius 1 is 0.949 bits per heavy atom. The van der Waals surface area contributed by atoms with Crippen molar-refractivity contribution in [3.8, 4) is 0 Å². The molecule has 1 atom stereocenters. The lowest BCUT2D eigenvalue weighted by atomic mass is 10.0. The van der Waals surface area contributed by atoms with E-state index in [-0.39, 0.29) is 48.3 Å². The zero-order valence-electron chi connectivity index (χ0n) is 21.7. The summed E-state index contributed by atoms with van der Waals surface area (Å²) in [5.41, 5.74) is 1.65. The summed E-state index contributed by atoms with van der Waals surface area (Å²) in [6.07, 6.45) is -0.0438. The molecule has 8 nitrogen and oxygen atoms in total. The highest BCUT2D eigenvalue weighted by atomic mass is 35.5. The summed E-state index contributed by atoms with van der Waals surface area (Å²) in [7, 11) is -4.07. The van der Waals surface area contributed by atoms with Gasteiger partial charge < -0.3 is 10.2 Å². The fourth-order valence-corrected chi connectivity index (χ4v) is 6.34. The second kappa shape index (κ2) is 12.0. The third-order valence-electron chi connectivity index (χ3n) is 6.38. The molecule has 204 valence electrons. The highest BCUT2D eigenvalue weighted by Gasteiger charge is 2.41. The van der Waals surface area contributed by atoms with Crippen molar-refractivity contribution in [1.82, 2.24) is 14.5 Å². The van der Waals surface area contributed by atoms with Crippen LogP contribution in [0.1, 0.15) is 41.8 Å². The lowest BCUT2D eigenvalue weighted by molar-refractivity contribution is -0.141. The molecule has 0 bridgehead atoms. The Morgan fingerprint density at radius 2 is 1.62 bits per heavy atom. The van der Waals surface area contributed by atoms with E-state index >= 15 is 0 Å². The normalized spacial score (nSPS) is 14.7. The Morgan fingerprint density at radius 3 is 2.28 bits per heavy atom. The fourth-order valence-electron chi connectivity index (χ4n) is 4.56. The number of nitrogens with zero attached hydrogens (tertiary/aromatic N) is 2. The first-order valence-electron chi connectivity index (χ1n) is 12.6. The Kier molecular flexibility index (Phi) is 8.72. The third-order valence-corrected chi connectivity index (χ3v) is 8.46. The maximum atomic E-state index is 13.8. The van der Waals surface area contributed by atoms with Crippen LogP contribution in [0.4, 0.5) is 0 Å². The summed E-state index contributed by atoms with van der Waals surface area (Å²) >= 11 is 6.19. The first kappa shape index (κ1) is 28.3. The van der Waals surface area contributed by atoms with Gasteiger partial charge in [0.2, 0.25) is 11.8 Å². The molecule has 3 aromatic carbocycles. The van der Waals surface area contributed by atoms with Crippen molar-refractivity contribution >= 4 is 39.3 Å². The molecule has 0 unspecified atom stereocenters. The van der Waals surface area contributed by atoms with Crippen molar-refractivity contribution in [1.29, 1.82) is 0 Å². The van der Waals surface area contributed by atoms with Gasteiger partial charge in [-0.25, -0.2) is 12.7 Å². The Balaban J connectivity index is 1.64. The number of halogens is 1. The molecule has 10 heteroatoms. The van der Waals surface area contributed by atoms with E-state index in [1.165, 1.54) is 17.0 Å². The number of hydrogen-bond donors (Lipinski definition) is 1. The Hall–Kier alpha value is -3.69. The number of carbonyl (C=O) groups excluding carboxylic acids is 3. The van der Waals surface area contributed by atoms with Crippen LogP contribution in [0.3, 0.4) is 0 Å². The fraction of sp³-hybridized carbons (Fsp3) is 0.276. The molecule has 4 rings (SSSR count). The summed E-state index contributed by atoms with van der Waals surface area (Å²) in [6.45, 7) is 3.40. The van der Waals surface area contributed by atoms with Gasteiger partial charge >= 0.3 is 0 Å². The quantitative estimate of drug-likeness (QED) is 0.398. The minimum Gasteiger partial charge on any atom is -0.352 e. The molecular weight excluding hydrogens is 538 g/mol. The van der Waals surface area contributed by atoms with Crippen LogP contribution in [0.5, 0.6) is 0 Å². The SMILES string of the molecule is CC(C)NC(=O)[C@@H](Cc1ccccc1)N(Cc1cccc(Cl)c1)C(=O)CCN1C(=O)c2ccccc2S1(=O)=O. The predicted molar refractivity (Wildman–Crippen MR) is 148 cm³/mol. The van der Waals surface area contributed by atoms with E-state index in [2.05, 4.69) is 5.32 Å². The van der Waals surface area contributed by atoms with Gasteiger partial charge in [-0.05, 0) is 49.2 Å². The van der Waals surface area contributed by atoms with Crippen molar-refractivity contribution in [2.75, 3.05) is 6.54 Å². The van der Waals surface area contributed by atoms with E-state index in [9.17, 15) is 22.8 Å². The number of hydrogen-bond acceptors (Lipinski definition) is 5. The van der Waals surface area contributed by atoms with Crippen molar-refractivity contribution in [2.24, 2.45) is 0 Å². The highest BCUT2D eigenvalue weighted by molar-refractivity contribution is 7.90. The minimum absolute atomic E-state index is 0.0727. The van der Waals surface area contributed by atoms with Gasteiger partial charge in [0.15, 0.2) is 0 Å². The molecule has 0 aliphatic carbocycles. The van der Waals surface area contributed by atoms with Gasteiger partial charge in [0.1, 0.15) is 10.9 Å². The first-order valence-corrected chi connectivity index (χ1v) is 14.4. The molecule has 1 aliphatic rings. The lowest BCUT2D eigenvalue weighted by Gasteiger charge is -2.32. The first-order chi connectivity index (χ1) is 18.6.